The number of aliphatic hydroxyl groups is 1. The molecule has 0 fully saturated rings. The molecule has 0 spiro atoms. The van der Waals surface area contributed by atoms with Crippen LogP contribution in [-0.2, 0) is 0 Å². The van der Waals surface area contributed by atoms with Gasteiger partial charge in [0.05, 0.1) is 0 Å². The van der Waals surface area contributed by atoms with Crippen LogP contribution in [-0.4, -0.2) is 39.0 Å². The Hall–Kier alpha value is 0.999. The van der Waals surface area contributed by atoms with Gasteiger partial charge in [-0.3, -0.25) is 0 Å². The van der Waals surface area contributed by atoms with Crippen molar-refractivity contribution in [3.63, 3.8) is 0 Å². The number of aliphatic hydroxyl groups excluding tert-OH is 1. The van der Waals surface area contributed by atoms with Crippen molar-refractivity contribution < 1.29 is 5.11 Å². The average molecular weight is 218 g/mol. The summed E-state index contributed by atoms with van der Waals surface area (Å²) < 4.78 is 0. The number of hydrogen-bond donors (Lipinski definition) is 1. The number of hydrogen-bond acceptors (Lipinski definition) is 1. The van der Waals surface area contributed by atoms with Crippen LogP contribution in [0.4, 0.5) is 0 Å². The van der Waals surface area contributed by atoms with Crippen LogP contribution in [0.1, 0.15) is 6.42 Å². The van der Waals surface area contributed by atoms with Crippen molar-refractivity contribution in [2.75, 3.05) is 6.61 Å². The van der Waals surface area contributed by atoms with Crippen LogP contribution in [0.5, 0.6) is 0 Å². The van der Waals surface area contributed by atoms with Crippen LogP contribution in [0, 0.1) is 0 Å². The molecule has 0 aliphatic rings. The van der Waals surface area contributed by atoms with E-state index in [1.807, 2.05) is 0 Å². The minimum absolute atomic E-state index is 0.361. The molecule has 0 aromatic heterocycles. The van der Waals surface area contributed by atoms with Gasteiger partial charge < -0.3 is 0 Å². The molecule has 0 aromatic carbocycles. The summed E-state index contributed by atoms with van der Waals surface area (Å²) in [5.41, 5.74) is 0. The van der Waals surface area contributed by atoms with Crippen molar-refractivity contribution >= 4 is 27.3 Å². The fraction of sp³-hybridized carbons (Fsp3) is 1.00. The van der Waals surface area contributed by atoms with E-state index in [0.717, 1.165) is 6.42 Å². The molecule has 3 heteroatoms. The van der Waals surface area contributed by atoms with Gasteiger partial charge in [-0.25, -0.2) is 0 Å². The van der Waals surface area contributed by atoms with Crippen LogP contribution in [0.3, 0.4) is 0 Å². The van der Waals surface area contributed by atoms with Gasteiger partial charge in [0, 0.05) is 0 Å². The van der Waals surface area contributed by atoms with Crippen LogP contribution in [0.15, 0.2) is 0 Å². The Labute approximate surface area is 51.0 Å². The van der Waals surface area contributed by atoms with Gasteiger partial charge in [0.1, 0.15) is 0 Å². The molecule has 0 saturated carbocycles. The first kappa shape index (κ1) is 7.00. The van der Waals surface area contributed by atoms with E-state index in [1.54, 1.807) is 0 Å². The maximum atomic E-state index is 8.20. The van der Waals surface area contributed by atoms with Gasteiger partial charge in [-0.05, 0) is 0 Å². The topological polar surface area (TPSA) is 20.2 Å². The van der Waals surface area contributed by atoms with E-state index < -0.39 is 0 Å². The average Bonchev–Trinajstić information content (AvgIpc) is 1.61. The minimum atomic E-state index is 0.361. The molecule has 0 amide bonds. The van der Waals surface area contributed by atoms with Gasteiger partial charge in [-0.1, -0.05) is 0 Å². The molecule has 1 nitrogen and oxygen atoms in total. The van der Waals surface area contributed by atoms with Crippen molar-refractivity contribution in [3.05, 3.63) is 0 Å². The molecular weight excluding hydrogens is 210 g/mol. The molecule has 38 valence electrons. The first-order chi connectivity index (χ1) is 2.91. The van der Waals surface area contributed by atoms with Gasteiger partial charge in [-0.2, -0.15) is 0 Å². The Bertz CT molecular complexity index is 20.8. The molecule has 0 unspecified atom stereocenters. The normalized spacial score (nSPS) is 9.00. The molecule has 0 rings (SSSR count). The van der Waals surface area contributed by atoms with Crippen LogP contribution in [0.25, 0.3) is 0 Å². The van der Waals surface area contributed by atoms with Crippen molar-refractivity contribution in [3.8, 4) is 0 Å². The second-order valence-corrected chi connectivity index (χ2v) is 5.12. The molecule has 1 N–H and O–H groups in total. The third kappa shape index (κ3) is 5.00. The van der Waals surface area contributed by atoms with Crippen molar-refractivity contribution in [1.82, 2.24) is 0 Å². The van der Waals surface area contributed by atoms with E-state index >= 15 is 0 Å². The summed E-state index contributed by atoms with van der Waals surface area (Å²) in [6.07, 6.45) is 0.981. The monoisotopic (exact) mass is 220 g/mol. The van der Waals surface area contributed by atoms with E-state index in [4.69, 9.17) is 5.11 Å². The zero-order valence-corrected chi connectivity index (χ0v) is 7.01. The molecule has 0 heterocycles. The Morgan fingerprint density at radius 2 is 2.33 bits per heavy atom. The molecule has 6 heavy (non-hydrogen) atoms. The van der Waals surface area contributed by atoms with E-state index in [9.17, 15) is 0 Å². The van der Waals surface area contributed by atoms with Crippen molar-refractivity contribution in [2.24, 2.45) is 0 Å². The zero-order chi connectivity index (χ0) is 4.83. The van der Waals surface area contributed by atoms with E-state index in [2.05, 4.69) is 14.2 Å². The second kappa shape index (κ2) is 6.00. The van der Waals surface area contributed by atoms with E-state index in [1.165, 1.54) is 5.32 Å². The summed E-state index contributed by atoms with van der Waals surface area (Å²) in [4.78, 5) is 0. The first-order valence-electron chi connectivity index (χ1n) is 1.79. The fourth-order valence-electron chi connectivity index (χ4n) is 0.129. The van der Waals surface area contributed by atoms with E-state index in [0.29, 0.717) is 19.7 Å². The molecule has 0 bridgehead atoms. The van der Waals surface area contributed by atoms with Gasteiger partial charge >= 0.3 is 50.8 Å². The van der Waals surface area contributed by atoms with Gasteiger partial charge in [0.25, 0.3) is 0 Å². The molecule has 0 aliphatic heterocycles. The van der Waals surface area contributed by atoms with Gasteiger partial charge in [0.2, 0.25) is 0 Å². The fourth-order valence-corrected chi connectivity index (χ4v) is 2.08. The molecule has 0 atom stereocenters. The SMILES string of the molecule is OCCC[Se][SeH]. The number of rotatable bonds is 3. The van der Waals surface area contributed by atoms with Crippen molar-refractivity contribution in [2.45, 2.75) is 11.7 Å². The Balaban J connectivity index is 2.34. The second-order valence-electron chi connectivity index (χ2n) is 0.910. The van der Waals surface area contributed by atoms with Gasteiger partial charge in [-0.15, -0.1) is 0 Å². The standard InChI is InChI=1S/C3H8OSe2/c4-2-1-3-6-5/h4-5H,1-3H2. The summed E-state index contributed by atoms with van der Waals surface area (Å²) in [5, 5.41) is 9.40. The first-order valence-corrected chi connectivity index (χ1v) is 7.75. The molecule has 0 aliphatic carbocycles. The van der Waals surface area contributed by atoms with Gasteiger partial charge in [0.15, 0.2) is 0 Å². The maximum absolute atomic E-state index is 8.20. The summed E-state index contributed by atoms with van der Waals surface area (Å²) >= 11 is 3.26. The Morgan fingerprint density at radius 3 is 2.50 bits per heavy atom. The molecule has 0 aromatic rings. The van der Waals surface area contributed by atoms with E-state index in [-0.39, 0.29) is 0 Å². The predicted molar refractivity (Wildman–Crippen MR) is 29.4 cm³/mol. The quantitative estimate of drug-likeness (QED) is 0.491. The molecule has 0 saturated heterocycles. The summed E-state index contributed by atoms with van der Waals surface area (Å²) in [6.45, 7) is 0.361. The van der Waals surface area contributed by atoms with Crippen LogP contribution >= 0.6 is 0 Å². The van der Waals surface area contributed by atoms with Crippen molar-refractivity contribution in [1.29, 1.82) is 0 Å². The van der Waals surface area contributed by atoms with Crippen LogP contribution < -0.4 is 0 Å². The summed E-state index contributed by atoms with van der Waals surface area (Å²) in [6, 6.07) is 0. The third-order valence-corrected chi connectivity index (χ3v) is 3.37. The van der Waals surface area contributed by atoms with Crippen LogP contribution in [0.2, 0.25) is 5.32 Å². The predicted octanol–water partition coefficient (Wildman–Crippen LogP) is -0.693. The zero-order valence-electron chi connectivity index (χ0n) is 3.42. The Kier molecular flexibility index (Phi) is 7.00. The Morgan fingerprint density at radius 1 is 1.67 bits per heavy atom. The molecular formula is C3H8OSe2. The summed E-state index contributed by atoms with van der Waals surface area (Å²) in [7, 11) is 0. The molecule has 0 radical (unpaired) electrons. The summed E-state index contributed by atoms with van der Waals surface area (Å²) in [5.74, 6) is 0. The third-order valence-electron chi connectivity index (χ3n) is 0.394.